The second-order valence-corrected chi connectivity index (χ2v) is 6.28. The maximum absolute atomic E-state index is 5.81. The van der Waals surface area contributed by atoms with Crippen LogP contribution in [0.1, 0.15) is 12.0 Å². The van der Waals surface area contributed by atoms with Gasteiger partial charge in [-0.05, 0) is 28.8 Å². The first kappa shape index (κ1) is 13.3. The lowest BCUT2D eigenvalue weighted by atomic mass is 10.1. The van der Waals surface area contributed by atoms with E-state index in [4.69, 9.17) is 4.74 Å². The first-order valence-electron chi connectivity index (χ1n) is 7.05. The second kappa shape index (κ2) is 6.18. The van der Waals surface area contributed by atoms with Crippen molar-refractivity contribution in [2.24, 2.45) is 0 Å². The molecule has 0 amide bonds. The van der Waals surface area contributed by atoms with Crippen molar-refractivity contribution in [1.82, 2.24) is 9.80 Å². The molecule has 1 aromatic heterocycles. The van der Waals surface area contributed by atoms with E-state index in [0.29, 0.717) is 18.8 Å². The molecular formula is C15H22N2OS. The summed E-state index contributed by atoms with van der Waals surface area (Å²) < 4.78 is 5.81. The van der Waals surface area contributed by atoms with E-state index in [-0.39, 0.29) is 0 Å². The van der Waals surface area contributed by atoms with Crippen LogP contribution in [0.25, 0.3) is 0 Å². The molecule has 0 aliphatic carbocycles. The van der Waals surface area contributed by atoms with Crippen molar-refractivity contribution in [2.45, 2.75) is 25.1 Å². The molecule has 2 aliphatic heterocycles. The molecular weight excluding hydrogens is 256 g/mol. The molecule has 0 unspecified atom stereocenters. The molecule has 0 spiro atoms. The van der Waals surface area contributed by atoms with E-state index in [1.54, 1.807) is 11.3 Å². The topological polar surface area (TPSA) is 15.7 Å². The van der Waals surface area contributed by atoms with Gasteiger partial charge in [0.15, 0.2) is 0 Å². The van der Waals surface area contributed by atoms with Gasteiger partial charge in [-0.25, -0.2) is 0 Å². The summed E-state index contributed by atoms with van der Waals surface area (Å²) in [7, 11) is 0. The number of rotatable bonds is 5. The Morgan fingerprint density at radius 1 is 1.42 bits per heavy atom. The van der Waals surface area contributed by atoms with Gasteiger partial charge in [-0.15, -0.1) is 6.58 Å². The molecule has 3 nitrogen and oxygen atoms in total. The first-order valence-corrected chi connectivity index (χ1v) is 7.99. The average molecular weight is 278 g/mol. The molecule has 0 saturated carbocycles. The summed E-state index contributed by atoms with van der Waals surface area (Å²) >= 11 is 1.79. The number of ether oxygens (including phenoxy) is 1. The summed E-state index contributed by atoms with van der Waals surface area (Å²) in [5.41, 5.74) is 1.45. The molecule has 3 rings (SSSR count). The summed E-state index contributed by atoms with van der Waals surface area (Å²) in [5.74, 6) is 0. The van der Waals surface area contributed by atoms with Crippen LogP contribution < -0.4 is 0 Å². The summed E-state index contributed by atoms with van der Waals surface area (Å²) in [5, 5.41) is 4.43. The van der Waals surface area contributed by atoms with Gasteiger partial charge in [-0.2, -0.15) is 11.3 Å². The van der Waals surface area contributed by atoms with Crippen LogP contribution in [0.15, 0.2) is 29.5 Å². The van der Waals surface area contributed by atoms with Gasteiger partial charge in [-0.3, -0.25) is 9.80 Å². The van der Waals surface area contributed by atoms with E-state index in [2.05, 4.69) is 33.2 Å². The predicted molar refractivity (Wildman–Crippen MR) is 79.5 cm³/mol. The Bertz CT molecular complexity index is 406. The van der Waals surface area contributed by atoms with Crippen LogP contribution in [0.4, 0.5) is 0 Å². The highest BCUT2D eigenvalue weighted by Crippen LogP contribution is 2.25. The fourth-order valence-electron chi connectivity index (χ4n) is 3.17. The minimum atomic E-state index is 0.407. The third kappa shape index (κ3) is 3.26. The molecule has 0 radical (unpaired) electrons. The zero-order valence-electron chi connectivity index (χ0n) is 11.3. The van der Waals surface area contributed by atoms with E-state index in [1.807, 2.05) is 6.08 Å². The van der Waals surface area contributed by atoms with E-state index in [9.17, 15) is 0 Å². The predicted octanol–water partition coefficient (Wildman–Crippen LogP) is 2.21. The van der Waals surface area contributed by atoms with Crippen molar-refractivity contribution in [1.29, 1.82) is 0 Å². The lowest BCUT2D eigenvalue weighted by molar-refractivity contribution is 0.0759. The highest BCUT2D eigenvalue weighted by Gasteiger charge is 2.36. The molecule has 1 aromatic rings. The van der Waals surface area contributed by atoms with Crippen LogP contribution in [0.5, 0.6) is 0 Å². The van der Waals surface area contributed by atoms with Crippen molar-refractivity contribution >= 4 is 11.3 Å². The molecule has 0 aromatic carbocycles. The number of piperazine rings is 1. The SMILES string of the molecule is C=CCO[C@H]1C[C@H]2CN(Cc3ccsc3)CCN2C1. The van der Waals surface area contributed by atoms with Crippen LogP contribution in [0.2, 0.25) is 0 Å². The van der Waals surface area contributed by atoms with E-state index in [1.165, 1.54) is 31.6 Å². The maximum atomic E-state index is 5.81. The van der Waals surface area contributed by atoms with Crippen LogP contribution in [-0.4, -0.2) is 54.7 Å². The Morgan fingerprint density at radius 3 is 3.16 bits per heavy atom. The molecule has 2 aliphatic rings. The zero-order valence-corrected chi connectivity index (χ0v) is 12.1. The smallest absolute Gasteiger partial charge is 0.0721 e. The molecule has 2 atom stereocenters. The zero-order chi connectivity index (χ0) is 13.1. The standard InChI is InChI=1S/C15H22N2OS/c1-2-6-18-15-8-14-10-16(4-5-17(14)11-15)9-13-3-7-19-12-13/h2-3,7,12,14-15H,1,4-6,8-11H2/t14-,15-/m0/s1. The van der Waals surface area contributed by atoms with Crippen LogP contribution in [-0.2, 0) is 11.3 Å². The Morgan fingerprint density at radius 2 is 2.37 bits per heavy atom. The molecule has 0 N–H and O–H groups in total. The maximum Gasteiger partial charge on any atom is 0.0721 e. The average Bonchev–Trinajstić information content (AvgIpc) is 3.04. The Kier molecular flexibility index (Phi) is 4.33. The van der Waals surface area contributed by atoms with Crippen molar-refractivity contribution in [3.05, 3.63) is 35.0 Å². The van der Waals surface area contributed by atoms with Crippen molar-refractivity contribution in [2.75, 3.05) is 32.8 Å². The molecule has 2 fully saturated rings. The highest BCUT2D eigenvalue weighted by molar-refractivity contribution is 7.07. The number of fused-ring (bicyclic) bond motifs is 1. The van der Waals surface area contributed by atoms with Crippen molar-refractivity contribution in [3.63, 3.8) is 0 Å². The van der Waals surface area contributed by atoms with Gasteiger partial charge in [0, 0.05) is 38.8 Å². The molecule has 4 heteroatoms. The minimum Gasteiger partial charge on any atom is -0.373 e. The van der Waals surface area contributed by atoms with E-state index in [0.717, 1.165) is 13.1 Å². The molecule has 0 bridgehead atoms. The van der Waals surface area contributed by atoms with Gasteiger partial charge in [-0.1, -0.05) is 6.08 Å². The van der Waals surface area contributed by atoms with Crippen LogP contribution in [0.3, 0.4) is 0 Å². The summed E-state index contributed by atoms with van der Waals surface area (Å²) in [6.07, 6.45) is 3.43. The summed E-state index contributed by atoms with van der Waals surface area (Å²) in [6, 6.07) is 2.92. The van der Waals surface area contributed by atoms with Crippen LogP contribution in [0, 0.1) is 0 Å². The first-order chi connectivity index (χ1) is 9.35. The number of hydrogen-bond acceptors (Lipinski definition) is 4. The Hall–Kier alpha value is -0.680. The minimum absolute atomic E-state index is 0.407. The number of hydrogen-bond donors (Lipinski definition) is 0. The second-order valence-electron chi connectivity index (χ2n) is 5.50. The fourth-order valence-corrected chi connectivity index (χ4v) is 3.83. The van der Waals surface area contributed by atoms with Gasteiger partial charge in [0.05, 0.1) is 12.7 Å². The Balaban J connectivity index is 1.51. The normalized spacial score (nSPS) is 28.4. The molecule has 19 heavy (non-hydrogen) atoms. The third-order valence-electron chi connectivity index (χ3n) is 4.10. The molecule has 104 valence electrons. The quantitative estimate of drug-likeness (QED) is 0.768. The summed E-state index contributed by atoms with van der Waals surface area (Å²) in [4.78, 5) is 5.18. The van der Waals surface area contributed by atoms with Crippen molar-refractivity contribution < 1.29 is 4.74 Å². The lowest BCUT2D eigenvalue weighted by Gasteiger charge is -2.37. The van der Waals surface area contributed by atoms with Gasteiger partial charge in [0.25, 0.3) is 0 Å². The fraction of sp³-hybridized carbons (Fsp3) is 0.600. The van der Waals surface area contributed by atoms with E-state index >= 15 is 0 Å². The van der Waals surface area contributed by atoms with Gasteiger partial charge < -0.3 is 4.74 Å². The van der Waals surface area contributed by atoms with E-state index < -0.39 is 0 Å². The van der Waals surface area contributed by atoms with Crippen molar-refractivity contribution in [3.8, 4) is 0 Å². The monoisotopic (exact) mass is 278 g/mol. The number of nitrogens with zero attached hydrogens (tertiary/aromatic N) is 2. The van der Waals surface area contributed by atoms with Gasteiger partial charge in [0.1, 0.15) is 0 Å². The molecule has 2 saturated heterocycles. The highest BCUT2D eigenvalue weighted by atomic mass is 32.1. The van der Waals surface area contributed by atoms with Crippen LogP contribution >= 0.6 is 11.3 Å². The molecule has 3 heterocycles. The summed E-state index contributed by atoms with van der Waals surface area (Å²) in [6.45, 7) is 10.2. The lowest BCUT2D eigenvalue weighted by Crippen LogP contribution is -2.49. The third-order valence-corrected chi connectivity index (χ3v) is 4.83. The Labute approximate surface area is 119 Å². The van der Waals surface area contributed by atoms with Gasteiger partial charge in [0.2, 0.25) is 0 Å². The largest absolute Gasteiger partial charge is 0.373 e. The number of thiophene rings is 1. The van der Waals surface area contributed by atoms with Gasteiger partial charge >= 0.3 is 0 Å².